The summed E-state index contributed by atoms with van der Waals surface area (Å²) in [6, 6.07) is 3.25. The first-order valence-corrected chi connectivity index (χ1v) is 9.18. The van der Waals surface area contributed by atoms with Crippen molar-refractivity contribution in [2.24, 2.45) is 5.73 Å². The number of carbonyl (C=O) groups is 1. The standard InChI is InChI=1S/C15H13ClF3N3O3S/c16-11-7-21-5-6-22(8-12(21)13(11)14(20)23)26(24,25)10-3-1-9(2-4-10)15(17,18)19/h1-4,7H,5-6,8H2,(H2,20,23). The summed E-state index contributed by atoms with van der Waals surface area (Å²) >= 11 is 5.97. The van der Waals surface area contributed by atoms with Crippen LogP contribution in [0.25, 0.3) is 0 Å². The minimum atomic E-state index is -4.55. The SMILES string of the molecule is NC(=O)c1c(Cl)cn2c1CN(S(=O)(=O)c1ccc(C(F)(F)F)cc1)CC2. The number of carbonyl (C=O) groups excluding carboxylic acids is 1. The fourth-order valence-corrected chi connectivity index (χ4v) is 4.54. The van der Waals surface area contributed by atoms with Gasteiger partial charge in [-0.2, -0.15) is 17.5 Å². The van der Waals surface area contributed by atoms with Gasteiger partial charge in [-0.1, -0.05) is 11.6 Å². The maximum absolute atomic E-state index is 12.7. The van der Waals surface area contributed by atoms with Crippen LogP contribution in [0, 0.1) is 0 Å². The summed E-state index contributed by atoms with van der Waals surface area (Å²) < 4.78 is 66.1. The van der Waals surface area contributed by atoms with Crippen LogP contribution in [0.2, 0.25) is 5.02 Å². The van der Waals surface area contributed by atoms with Crippen LogP contribution in [-0.2, 0) is 29.3 Å². The number of primary amides is 1. The second kappa shape index (κ2) is 6.29. The summed E-state index contributed by atoms with van der Waals surface area (Å²) in [6.07, 6.45) is -3.06. The molecule has 0 unspecified atom stereocenters. The summed E-state index contributed by atoms with van der Waals surface area (Å²) in [5, 5.41) is 0.126. The zero-order valence-corrected chi connectivity index (χ0v) is 14.7. The van der Waals surface area contributed by atoms with Gasteiger partial charge in [-0.05, 0) is 24.3 Å². The van der Waals surface area contributed by atoms with E-state index in [1.807, 2.05) is 0 Å². The van der Waals surface area contributed by atoms with E-state index >= 15 is 0 Å². The van der Waals surface area contributed by atoms with Crippen molar-refractivity contribution in [3.05, 3.63) is 52.3 Å². The highest BCUT2D eigenvalue weighted by Crippen LogP contribution is 2.32. The number of halogens is 4. The van der Waals surface area contributed by atoms with Crippen molar-refractivity contribution < 1.29 is 26.4 Å². The molecule has 0 bridgehead atoms. The van der Waals surface area contributed by atoms with Gasteiger partial charge in [0, 0.05) is 25.0 Å². The molecule has 11 heteroatoms. The number of aromatic nitrogens is 1. The summed E-state index contributed by atoms with van der Waals surface area (Å²) in [6.45, 7) is 0.163. The van der Waals surface area contributed by atoms with E-state index in [4.69, 9.17) is 17.3 Å². The zero-order chi connectivity index (χ0) is 19.3. The van der Waals surface area contributed by atoms with Gasteiger partial charge >= 0.3 is 6.18 Å². The van der Waals surface area contributed by atoms with Gasteiger partial charge in [0.05, 0.1) is 27.6 Å². The van der Waals surface area contributed by atoms with Crippen molar-refractivity contribution in [3.8, 4) is 0 Å². The van der Waals surface area contributed by atoms with Crippen LogP contribution in [0.5, 0.6) is 0 Å². The molecular formula is C15H13ClF3N3O3S. The van der Waals surface area contributed by atoms with Crippen molar-refractivity contribution >= 4 is 27.5 Å². The second-order valence-corrected chi connectivity index (χ2v) is 8.06. The van der Waals surface area contributed by atoms with E-state index in [0.29, 0.717) is 17.8 Å². The van der Waals surface area contributed by atoms with Crippen LogP contribution in [-0.4, -0.2) is 29.7 Å². The Kier molecular flexibility index (Phi) is 4.53. The van der Waals surface area contributed by atoms with E-state index in [2.05, 4.69) is 0 Å². The van der Waals surface area contributed by atoms with E-state index < -0.39 is 27.7 Å². The molecule has 2 N–H and O–H groups in total. The molecule has 0 saturated heterocycles. The molecule has 3 rings (SSSR count). The first-order valence-electron chi connectivity index (χ1n) is 7.36. The Hall–Kier alpha value is -2.04. The van der Waals surface area contributed by atoms with Crippen molar-refractivity contribution in [1.29, 1.82) is 0 Å². The molecule has 0 aliphatic carbocycles. The molecule has 0 fully saturated rings. The number of sulfonamides is 1. The van der Waals surface area contributed by atoms with E-state index in [1.54, 1.807) is 4.57 Å². The van der Waals surface area contributed by atoms with Gasteiger partial charge in [-0.15, -0.1) is 0 Å². The Bertz CT molecular complexity index is 969. The number of nitrogens with zero attached hydrogens (tertiary/aromatic N) is 2. The molecule has 0 spiro atoms. The lowest BCUT2D eigenvalue weighted by atomic mass is 10.2. The van der Waals surface area contributed by atoms with Crippen molar-refractivity contribution in [3.63, 3.8) is 0 Å². The minimum absolute atomic E-state index is 0.0407. The van der Waals surface area contributed by atoms with Crippen molar-refractivity contribution in [2.45, 2.75) is 24.2 Å². The van der Waals surface area contributed by atoms with E-state index in [1.165, 1.54) is 6.20 Å². The number of hydrogen-bond donors (Lipinski definition) is 1. The van der Waals surface area contributed by atoms with Crippen molar-refractivity contribution in [2.75, 3.05) is 6.54 Å². The van der Waals surface area contributed by atoms with Gasteiger partial charge in [0.25, 0.3) is 5.91 Å². The minimum Gasteiger partial charge on any atom is -0.365 e. The van der Waals surface area contributed by atoms with E-state index in [0.717, 1.165) is 16.4 Å². The average molecular weight is 408 g/mol. The third-order valence-electron chi connectivity index (χ3n) is 4.13. The van der Waals surface area contributed by atoms with Gasteiger partial charge in [-0.25, -0.2) is 8.42 Å². The Morgan fingerprint density at radius 2 is 1.77 bits per heavy atom. The third-order valence-corrected chi connectivity index (χ3v) is 6.27. The van der Waals surface area contributed by atoms with Gasteiger partial charge in [0.2, 0.25) is 10.0 Å². The fraction of sp³-hybridized carbons (Fsp3) is 0.267. The smallest absolute Gasteiger partial charge is 0.365 e. The lowest BCUT2D eigenvalue weighted by molar-refractivity contribution is -0.137. The topological polar surface area (TPSA) is 85.4 Å². The molecular weight excluding hydrogens is 395 g/mol. The molecule has 1 aliphatic rings. The highest BCUT2D eigenvalue weighted by molar-refractivity contribution is 7.89. The second-order valence-electron chi connectivity index (χ2n) is 5.72. The van der Waals surface area contributed by atoms with Crippen molar-refractivity contribution in [1.82, 2.24) is 8.87 Å². The molecule has 26 heavy (non-hydrogen) atoms. The van der Waals surface area contributed by atoms with Gasteiger partial charge in [0.15, 0.2) is 0 Å². The fourth-order valence-electron chi connectivity index (χ4n) is 2.83. The van der Waals surface area contributed by atoms with Crippen LogP contribution >= 0.6 is 11.6 Å². The summed E-state index contributed by atoms with van der Waals surface area (Å²) in [7, 11) is -4.04. The van der Waals surface area contributed by atoms with Gasteiger partial charge in [0.1, 0.15) is 0 Å². The van der Waals surface area contributed by atoms with Gasteiger partial charge < -0.3 is 10.3 Å². The third kappa shape index (κ3) is 3.19. The number of nitrogens with two attached hydrogens (primary N) is 1. The quantitative estimate of drug-likeness (QED) is 0.848. The Morgan fingerprint density at radius 1 is 1.15 bits per heavy atom. The molecule has 140 valence electrons. The average Bonchev–Trinajstić information content (AvgIpc) is 2.89. The summed E-state index contributed by atoms with van der Waals surface area (Å²) in [5.41, 5.74) is 4.75. The molecule has 0 radical (unpaired) electrons. The largest absolute Gasteiger partial charge is 0.416 e. The first-order chi connectivity index (χ1) is 12.0. The van der Waals surface area contributed by atoms with Crippen LogP contribution in [0.1, 0.15) is 21.6 Å². The molecule has 0 saturated carbocycles. The monoisotopic (exact) mass is 407 g/mol. The predicted molar refractivity (Wildman–Crippen MR) is 87.0 cm³/mol. The molecule has 1 amide bonds. The van der Waals surface area contributed by atoms with Crippen LogP contribution in [0.4, 0.5) is 13.2 Å². The van der Waals surface area contributed by atoms with Gasteiger partial charge in [-0.3, -0.25) is 4.79 Å². The highest BCUT2D eigenvalue weighted by Gasteiger charge is 2.34. The number of fused-ring (bicyclic) bond motifs is 1. The molecule has 0 atom stereocenters. The van der Waals surface area contributed by atoms with Crippen LogP contribution in [0.15, 0.2) is 35.4 Å². The molecule has 1 aliphatic heterocycles. The summed E-state index contributed by atoms with van der Waals surface area (Å²) in [4.78, 5) is 11.3. The molecule has 2 heterocycles. The molecule has 2 aromatic rings. The lowest BCUT2D eigenvalue weighted by Gasteiger charge is -2.28. The Labute approximate surface area is 152 Å². The number of benzene rings is 1. The normalized spacial score (nSPS) is 15.7. The molecule has 1 aromatic heterocycles. The van der Waals surface area contributed by atoms with E-state index in [-0.39, 0.29) is 35.1 Å². The lowest BCUT2D eigenvalue weighted by Crippen LogP contribution is -2.38. The number of amides is 1. The van der Waals surface area contributed by atoms with Crippen LogP contribution < -0.4 is 5.73 Å². The number of rotatable bonds is 3. The summed E-state index contributed by atoms with van der Waals surface area (Å²) in [5.74, 6) is -0.780. The molecule has 6 nitrogen and oxygen atoms in total. The van der Waals surface area contributed by atoms with Crippen LogP contribution in [0.3, 0.4) is 0 Å². The Balaban J connectivity index is 1.93. The zero-order valence-electron chi connectivity index (χ0n) is 13.1. The predicted octanol–water partition coefficient (Wildman–Crippen LogP) is 2.46. The maximum atomic E-state index is 12.7. The number of hydrogen-bond acceptors (Lipinski definition) is 3. The maximum Gasteiger partial charge on any atom is 0.416 e. The Morgan fingerprint density at radius 3 is 2.31 bits per heavy atom. The highest BCUT2D eigenvalue weighted by atomic mass is 35.5. The molecule has 1 aromatic carbocycles. The first kappa shape index (κ1) is 18.7. The number of alkyl halides is 3. The van der Waals surface area contributed by atoms with E-state index in [9.17, 15) is 26.4 Å².